The number of aromatic carboxylic acids is 1. The fourth-order valence-electron chi connectivity index (χ4n) is 3.49. The highest BCUT2D eigenvalue weighted by atomic mass is 16.4. The van der Waals surface area contributed by atoms with E-state index in [1.807, 2.05) is 0 Å². The average molecular weight is 261 g/mol. The number of carboxylic acids is 1. The second-order valence-corrected chi connectivity index (χ2v) is 5.51. The van der Waals surface area contributed by atoms with Crippen LogP contribution in [0.25, 0.3) is 0 Å². The molecular formula is C14H19N3O2. The van der Waals surface area contributed by atoms with Gasteiger partial charge in [-0.1, -0.05) is 12.8 Å². The van der Waals surface area contributed by atoms with Crippen LogP contribution in [0.15, 0.2) is 12.4 Å². The van der Waals surface area contributed by atoms with Gasteiger partial charge in [0, 0.05) is 12.6 Å². The molecule has 1 aromatic rings. The molecule has 1 unspecified atom stereocenters. The minimum absolute atomic E-state index is 0.0142. The molecule has 2 aliphatic rings. The Morgan fingerprint density at radius 2 is 1.95 bits per heavy atom. The molecule has 1 saturated heterocycles. The zero-order chi connectivity index (χ0) is 13.2. The molecule has 102 valence electrons. The molecule has 0 bridgehead atoms. The summed E-state index contributed by atoms with van der Waals surface area (Å²) < 4.78 is 0. The van der Waals surface area contributed by atoms with Gasteiger partial charge in [0.1, 0.15) is 5.82 Å². The smallest absolute Gasteiger partial charge is 0.356 e. The third-order valence-corrected chi connectivity index (χ3v) is 4.39. The van der Waals surface area contributed by atoms with Gasteiger partial charge >= 0.3 is 5.97 Å². The summed E-state index contributed by atoms with van der Waals surface area (Å²) in [4.78, 5) is 21.4. The van der Waals surface area contributed by atoms with Crippen LogP contribution in [-0.2, 0) is 0 Å². The van der Waals surface area contributed by atoms with Gasteiger partial charge in [0.25, 0.3) is 0 Å². The molecule has 0 aromatic carbocycles. The van der Waals surface area contributed by atoms with E-state index >= 15 is 0 Å². The monoisotopic (exact) mass is 261 g/mol. The second kappa shape index (κ2) is 5.15. The van der Waals surface area contributed by atoms with Gasteiger partial charge in [-0.15, -0.1) is 0 Å². The Morgan fingerprint density at radius 3 is 2.58 bits per heavy atom. The Bertz CT molecular complexity index is 454. The summed E-state index contributed by atoms with van der Waals surface area (Å²) in [5, 5.41) is 8.85. The maximum atomic E-state index is 10.8. The first kappa shape index (κ1) is 12.4. The van der Waals surface area contributed by atoms with Crippen molar-refractivity contribution in [2.24, 2.45) is 5.92 Å². The van der Waals surface area contributed by atoms with E-state index in [1.165, 1.54) is 44.7 Å². The van der Waals surface area contributed by atoms with Crippen LogP contribution in [0.4, 0.5) is 5.82 Å². The average Bonchev–Trinajstić information content (AvgIpc) is 3.09. The Morgan fingerprint density at radius 1 is 1.16 bits per heavy atom. The summed E-state index contributed by atoms with van der Waals surface area (Å²) >= 11 is 0. The van der Waals surface area contributed by atoms with Crippen LogP contribution in [-0.4, -0.2) is 33.6 Å². The molecule has 2 heterocycles. The lowest BCUT2D eigenvalue weighted by molar-refractivity contribution is 0.0690. The number of anilines is 1. The maximum Gasteiger partial charge on any atom is 0.356 e. The maximum absolute atomic E-state index is 10.8. The van der Waals surface area contributed by atoms with Crippen LogP contribution in [0.1, 0.15) is 49.0 Å². The minimum Gasteiger partial charge on any atom is -0.476 e. The van der Waals surface area contributed by atoms with Crippen molar-refractivity contribution in [1.82, 2.24) is 9.97 Å². The number of nitrogens with zero attached hydrogens (tertiary/aromatic N) is 3. The summed E-state index contributed by atoms with van der Waals surface area (Å²) in [5.74, 6) is 0.593. The molecule has 19 heavy (non-hydrogen) atoms. The van der Waals surface area contributed by atoms with Crippen LogP contribution >= 0.6 is 0 Å². The SMILES string of the molecule is O=C(O)c1cnc(N2CCCC2C2CCCC2)cn1. The van der Waals surface area contributed by atoms with Crippen LogP contribution in [0.5, 0.6) is 0 Å². The summed E-state index contributed by atoms with van der Waals surface area (Å²) in [7, 11) is 0. The number of carboxylic acid groups (broad SMARTS) is 1. The fraction of sp³-hybridized carbons (Fsp3) is 0.643. The molecule has 5 nitrogen and oxygen atoms in total. The molecule has 1 aliphatic heterocycles. The first-order valence-electron chi connectivity index (χ1n) is 7.07. The van der Waals surface area contributed by atoms with Crippen molar-refractivity contribution in [1.29, 1.82) is 0 Å². The molecule has 3 rings (SSSR count). The quantitative estimate of drug-likeness (QED) is 0.904. The number of carbonyl (C=O) groups is 1. The Hall–Kier alpha value is -1.65. The van der Waals surface area contributed by atoms with Gasteiger partial charge < -0.3 is 10.0 Å². The van der Waals surface area contributed by atoms with Crippen LogP contribution in [0.3, 0.4) is 0 Å². The molecule has 1 aliphatic carbocycles. The van der Waals surface area contributed by atoms with Gasteiger partial charge in [-0.25, -0.2) is 14.8 Å². The van der Waals surface area contributed by atoms with E-state index in [1.54, 1.807) is 6.20 Å². The standard InChI is InChI=1S/C14H19N3O2/c18-14(19)11-8-16-13(9-15-11)17-7-3-6-12(17)10-4-1-2-5-10/h8-10,12H,1-7H2,(H,18,19). The molecule has 2 fully saturated rings. The third kappa shape index (κ3) is 2.41. The topological polar surface area (TPSA) is 66.3 Å². The summed E-state index contributed by atoms with van der Waals surface area (Å²) in [6, 6.07) is 0.576. The number of hydrogen-bond acceptors (Lipinski definition) is 4. The second-order valence-electron chi connectivity index (χ2n) is 5.51. The molecule has 1 N–H and O–H groups in total. The molecule has 1 aromatic heterocycles. The van der Waals surface area contributed by atoms with E-state index in [0.29, 0.717) is 6.04 Å². The predicted molar refractivity (Wildman–Crippen MR) is 71.3 cm³/mol. The van der Waals surface area contributed by atoms with E-state index < -0.39 is 5.97 Å². The first-order valence-corrected chi connectivity index (χ1v) is 7.07. The van der Waals surface area contributed by atoms with Crippen molar-refractivity contribution >= 4 is 11.8 Å². The highest BCUT2D eigenvalue weighted by molar-refractivity contribution is 5.84. The van der Waals surface area contributed by atoms with Crippen LogP contribution < -0.4 is 4.90 Å². The number of rotatable bonds is 3. The van der Waals surface area contributed by atoms with Crippen molar-refractivity contribution in [3.63, 3.8) is 0 Å². The lowest BCUT2D eigenvalue weighted by Crippen LogP contribution is -2.35. The van der Waals surface area contributed by atoms with Crippen LogP contribution in [0, 0.1) is 5.92 Å². The zero-order valence-corrected chi connectivity index (χ0v) is 11.0. The first-order chi connectivity index (χ1) is 9.25. The van der Waals surface area contributed by atoms with Crippen molar-refractivity contribution < 1.29 is 9.90 Å². The van der Waals surface area contributed by atoms with Gasteiger partial charge in [-0.3, -0.25) is 0 Å². The molecule has 0 spiro atoms. The van der Waals surface area contributed by atoms with E-state index in [0.717, 1.165) is 18.3 Å². The molecule has 0 amide bonds. The number of aromatic nitrogens is 2. The summed E-state index contributed by atoms with van der Waals surface area (Å²) in [5.41, 5.74) is 0.0142. The highest BCUT2D eigenvalue weighted by Gasteiger charge is 2.34. The summed E-state index contributed by atoms with van der Waals surface area (Å²) in [6.45, 7) is 1.02. The van der Waals surface area contributed by atoms with Gasteiger partial charge in [-0.2, -0.15) is 0 Å². The van der Waals surface area contributed by atoms with E-state index in [4.69, 9.17) is 5.11 Å². The van der Waals surface area contributed by atoms with Crippen molar-refractivity contribution in [3.8, 4) is 0 Å². The minimum atomic E-state index is -1.02. The molecule has 1 atom stereocenters. The molecular weight excluding hydrogens is 242 g/mol. The normalized spacial score (nSPS) is 24.0. The van der Waals surface area contributed by atoms with Crippen molar-refractivity contribution in [3.05, 3.63) is 18.1 Å². The largest absolute Gasteiger partial charge is 0.476 e. The Kier molecular flexibility index (Phi) is 3.36. The molecule has 5 heteroatoms. The lowest BCUT2D eigenvalue weighted by Gasteiger charge is -2.30. The van der Waals surface area contributed by atoms with Gasteiger partial charge in [0.15, 0.2) is 5.69 Å². The van der Waals surface area contributed by atoms with Crippen molar-refractivity contribution in [2.75, 3.05) is 11.4 Å². The highest BCUT2D eigenvalue weighted by Crippen LogP contribution is 2.36. The Balaban J connectivity index is 1.78. The Labute approximate surface area is 112 Å². The molecule has 0 radical (unpaired) electrons. The van der Waals surface area contributed by atoms with Crippen molar-refractivity contribution in [2.45, 2.75) is 44.6 Å². The van der Waals surface area contributed by atoms with E-state index in [9.17, 15) is 4.79 Å². The number of hydrogen-bond donors (Lipinski definition) is 1. The van der Waals surface area contributed by atoms with Gasteiger partial charge in [0.2, 0.25) is 0 Å². The molecule has 1 saturated carbocycles. The van der Waals surface area contributed by atoms with Gasteiger partial charge in [-0.05, 0) is 31.6 Å². The lowest BCUT2D eigenvalue weighted by atomic mass is 9.96. The van der Waals surface area contributed by atoms with Gasteiger partial charge in [0.05, 0.1) is 12.4 Å². The predicted octanol–water partition coefficient (Wildman–Crippen LogP) is 2.33. The summed E-state index contributed by atoms with van der Waals surface area (Å²) in [6.07, 6.45) is 10.7. The third-order valence-electron chi connectivity index (χ3n) is 4.39. The fourth-order valence-corrected chi connectivity index (χ4v) is 3.49. The van der Waals surface area contributed by atoms with Crippen LogP contribution in [0.2, 0.25) is 0 Å². The van der Waals surface area contributed by atoms with E-state index in [2.05, 4.69) is 14.9 Å². The zero-order valence-electron chi connectivity index (χ0n) is 11.0. The van der Waals surface area contributed by atoms with E-state index in [-0.39, 0.29) is 5.69 Å².